The molecule has 1 rings (SSSR count). The van der Waals surface area contributed by atoms with Crippen LogP contribution in [0.25, 0.3) is 0 Å². The molecule has 1 heterocycles. The maximum Gasteiger partial charge on any atom is 0.323 e. The van der Waals surface area contributed by atoms with E-state index in [9.17, 15) is 14.4 Å². The molecule has 108 valence electrons. The number of carboxylic acid groups (broad SMARTS) is 2. The summed E-state index contributed by atoms with van der Waals surface area (Å²) in [5, 5.41) is 18.0. The zero-order valence-electron chi connectivity index (χ0n) is 10.9. The van der Waals surface area contributed by atoms with E-state index >= 15 is 0 Å². The third-order valence-corrected chi connectivity index (χ3v) is 3.84. The van der Waals surface area contributed by atoms with Gasteiger partial charge in [-0.05, 0) is 0 Å². The van der Waals surface area contributed by atoms with Crippen LogP contribution in [0.15, 0.2) is 0 Å². The molecule has 0 aromatic carbocycles. The van der Waals surface area contributed by atoms with E-state index in [0.717, 1.165) is 4.90 Å². The van der Waals surface area contributed by atoms with Crippen LogP contribution in [0.2, 0.25) is 0 Å². The van der Waals surface area contributed by atoms with Gasteiger partial charge in [-0.15, -0.1) is 0 Å². The lowest BCUT2D eigenvalue weighted by atomic mass is 10.3. The van der Waals surface area contributed by atoms with Crippen LogP contribution >= 0.6 is 11.8 Å². The molecule has 0 spiro atoms. The fraction of sp³-hybridized carbons (Fsp3) is 0.727. The van der Waals surface area contributed by atoms with Crippen molar-refractivity contribution in [2.24, 2.45) is 0 Å². The van der Waals surface area contributed by atoms with E-state index in [1.54, 1.807) is 11.8 Å². The molecule has 1 saturated heterocycles. The molecule has 7 nitrogen and oxygen atoms in total. The number of aliphatic carboxylic acids is 2. The molecule has 19 heavy (non-hydrogen) atoms. The van der Waals surface area contributed by atoms with Gasteiger partial charge in [0.05, 0.1) is 0 Å². The molecule has 2 N–H and O–H groups in total. The average Bonchev–Trinajstić information content (AvgIpc) is 2.24. The van der Waals surface area contributed by atoms with Crippen molar-refractivity contribution < 1.29 is 24.6 Å². The minimum Gasteiger partial charge on any atom is -0.480 e. The molecule has 2 atom stereocenters. The van der Waals surface area contributed by atoms with E-state index in [1.165, 1.54) is 4.90 Å². The Morgan fingerprint density at radius 1 is 1.11 bits per heavy atom. The number of carbonyl (C=O) groups excluding carboxylic acids is 1. The predicted octanol–water partition coefficient (Wildman–Crippen LogP) is 0.403. The molecular formula is C11H18N2O5S. The van der Waals surface area contributed by atoms with Crippen molar-refractivity contribution in [1.82, 2.24) is 9.80 Å². The number of nitrogens with zero attached hydrogens (tertiary/aromatic N) is 2. The second-order valence-corrected chi connectivity index (χ2v) is 6.47. The Kier molecular flexibility index (Phi) is 5.46. The number of carboxylic acids is 2. The second kappa shape index (κ2) is 6.65. The molecule has 2 unspecified atom stereocenters. The van der Waals surface area contributed by atoms with Crippen LogP contribution in [-0.2, 0) is 9.59 Å². The molecular weight excluding hydrogens is 272 g/mol. The van der Waals surface area contributed by atoms with Crippen molar-refractivity contribution >= 4 is 29.7 Å². The number of hydrogen-bond acceptors (Lipinski definition) is 4. The lowest BCUT2D eigenvalue weighted by Crippen LogP contribution is -2.52. The highest BCUT2D eigenvalue weighted by atomic mass is 32.2. The van der Waals surface area contributed by atoms with Crippen molar-refractivity contribution in [3.05, 3.63) is 0 Å². The molecule has 0 aromatic rings. The van der Waals surface area contributed by atoms with Crippen molar-refractivity contribution in [2.45, 2.75) is 24.3 Å². The van der Waals surface area contributed by atoms with Gasteiger partial charge in [-0.25, -0.2) is 4.79 Å². The first-order valence-electron chi connectivity index (χ1n) is 5.92. The van der Waals surface area contributed by atoms with E-state index in [4.69, 9.17) is 10.2 Å². The van der Waals surface area contributed by atoms with Crippen LogP contribution in [-0.4, -0.2) is 74.7 Å². The SMILES string of the molecule is CC1CN(C(=O)N(CC(=O)O)CC(=O)O)CC(C)S1. The topological polar surface area (TPSA) is 98.2 Å². The molecule has 0 saturated carbocycles. The summed E-state index contributed by atoms with van der Waals surface area (Å²) in [4.78, 5) is 35.9. The van der Waals surface area contributed by atoms with Crippen LogP contribution in [0.4, 0.5) is 4.79 Å². The Morgan fingerprint density at radius 3 is 1.89 bits per heavy atom. The van der Waals surface area contributed by atoms with Crippen LogP contribution in [0.5, 0.6) is 0 Å². The summed E-state index contributed by atoms with van der Waals surface area (Å²) in [6.07, 6.45) is 0. The third-order valence-electron chi connectivity index (χ3n) is 2.61. The maximum atomic E-state index is 12.2. The summed E-state index contributed by atoms with van der Waals surface area (Å²) in [6, 6.07) is -0.524. The van der Waals surface area contributed by atoms with Gasteiger partial charge in [0, 0.05) is 23.6 Å². The monoisotopic (exact) mass is 290 g/mol. The third kappa shape index (κ3) is 4.98. The first-order chi connectivity index (χ1) is 8.79. The van der Waals surface area contributed by atoms with E-state index in [2.05, 4.69) is 0 Å². The molecule has 2 amide bonds. The standard InChI is InChI=1S/C11H18N2O5S/c1-7-3-12(4-8(2)19-7)11(18)13(5-9(14)15)6-10(16)17/h7-8H,3-6H2,1-2H3,(H,14,15)(H,16,17). The molecule has 0 aliphatic carbocycles. The molecule has 1 aliphatic heterocycles. The minimum absolute atomic E-state index is 0.254. The molecule has 1 fully saturated rings. The Morgan fingerprint density at radius 2 is 1.53 bits per heavy atom. The van der Waals surface area contributed by atoms with Gasteiger partial charge in [-0.3, -0.25) is 9.59 Å². The van der Waals surface area contributed by atoms with Crippen LogP contribution < -0.4 is 0 Å². The van der Waals surface area contributed by atoms with Crippen LogP contribution in [0.1, 0.15) is 13.8 Å². The molecule has 0 radical (unpaired) electrons. The number of thioether (sulfide) groups is 1. The number of hydrogen-bond donors (Lipinski definition) is 2. The van der Waals surface area contributed by atoms with Gasteiger partial charge in [0.1, 0.15) is 13.1 Å². The Balaban J connectivity index is 2.74. The molecule has 0 bridgehead atoms. The lowest BCUT2D eigenvalue weighted by molar-refractivity contribution is -0.140. The largest absolute Gasteiger partial charge is 0.480 e. The van der Waals surface area contributed by atoms with E-state index in [1.807, 2.05) is 13.8 Å². The van der Waals surface area contributed by atoms with Crippen molar-refractivity contribution in [3.8, 4) is 0 Å². The van der Waals surface area contributed by atoms with Crippen LogP contribution in [0.3, 0.4) is 0 Å². The molecule has 8 heteroatoms. The maximum absolute atomic E-state index is 12.2. The van der Waals surface area contributed by atoms with Gasteiger partial charge in [-0.2, -0.15) is 11.8 Å². The first kappa shape index (κ1) is 15.6. The Labute approximate surface area is 115 Å². The summed E-state index contributed by atoms with van der Waals surface area (Å²) < 4.78 is 0. The quantitative estimate of drug-likeness (QED) is 0.778. The molecule has 1 aliphatic rings. The highest BCUT2D eigenvalue weighted by Crippen LogP contribution is 2.25. The zero-order valence-corrected chi connectivity index (χ0v) is 11.7. The van der Waals surface area contributed by atoms with Gasteiger partial charge in [0.15, 0.2) is 0 Å². The van der Waals surface area contributed by atoms with Crippen molar-refractivity contribution in [2.75, 3.05) is 26.2 Å². The summed E-state index contributed by atoms with van der Waals surface area (Å²) in [7, 11) is 0. The highest BCUT2D eigenvalue weighted by molar-refractivity contribution is 8.00. The van der Waals surface area contributed by atoms with Crippen molar-refractivity contribution in [3.63, 3.8) is 0 Å². The normalized spacial score (nSPS) is 22.9. The summed E-state index contributed by atoms with van der Waals surface area (Å²) in [5.41, 5.74) is 0. The number of carbonyl (C=O) groups is 3. The first-order valence-corrected chi connectivity index (χ1v) is 6.86. The van der Waals surface area contributed by atoms with Crippen LogP contribution in [0, 0.1) is 0 Å². The van der Waals surface area contributed by atoms with E-state index < -0.39 is 31.1 Å². The van der Waals surface area contributed by atoms with E-state index in [-0.39, 0.29) is 10.5 Å². The van der Waals surface area contributed by atoms with Gasteiger partial charge < -0.3 is 20.0 Å². The van der Waals surface area contributed by atoms with E-state index in [0.29, 0.717) is 13.1 Å². The number of amides is 2. The summed E-state index contributed by atoms with van der Waals surface area (Å²) in [5.74, 6) is -2.44. The zero-order chi connectivity index (χ0) is 14.6. The van der Waals surface area contributed by atoms with Crippen molar-refractivity contribution in [1.29, 1.82) is 0 Å². The van der Waals surface area contributed by atoms with Gasteiger partial charge in [0.25, 0.3) is 0 Å². The fourth-order valence-electron chi connectivity index (χ4n) is 2.05. The fourth-order valence-corrected chi connectivity index (χ4v) is 3.38. The smallest absolute Gasteiger partial charge is 0.323 e. The average molecular weight is 290 g/mol. The summed E-state index contributed by atoms with van der Waals surface area (Å²) in [6.45, 7) is 3.78. The Bertz CT molecular complexity index is 350. The molecule has 0 aromatic heterocycles. The number of urea groups is 1. The van der Waals surface area contributed by atoms with Gasteiger partial charge >= 0.3 is 18.0 Å². The second-order valence-electron chi connectivity index (χ2n) is 4.59. The van der Waals surface area contributed by atoms with Gasteiger partial charge in [0.2, 0.25) is 0 Å². The minimum atomic E-state index is -1.22. The highest BCUT2D eigenvalue weighted by Gasteiger charge is 2.30. The summed E-state index contributed by atoms with van der Waals surface area (Å²) >= 11 is 1.76. The lowest BCUT2D eigenvalue weighted by Gasteiger charge is -2.37. The van der Waals surface area contributed by atoms with Gasteiger partial charge in [-0.1, -0.05) is 13.8 Å². The Hall–Kier alpha value is -1.44. The number of rotatable bonds is 4. The predicted molar refractivity (Wildman–Crippen MR) is 70.3 cm³/mol.